The second-order valence-electron chi connectivity index (χ2n) is 3.05. The molecule has 1 aliphatic heterocycles. The van der Waals surface area contributed by atoms with Crippen molar-refractivity contribution in [3.05, 3.63) is 22.3 Å². The summed E-state index contributed by atoms with van der Waals surface area (Å²) in [4.78, 5) is 4.19. The van der Waals surface area contributed by atoms with Crippen LogP contribution >= 0.6 is 15.9 Å². The third kappa shape index (κ3) is 1.69. The van der Waals surface area contributed by atoms with Gasteiger partial charge >= 0.3 is 0 Å². The van der Waals surface area contributed by atoms with Crippen LogP contribution in [0, 0.1) is 0 Å². The number of halogens is 1. The van der Waals surface area contributed by atoms with E-state index in [2.05, 4.69) is 32.3 Å². The van der Waals surface area contributed by atoms with Crippen LogP contribution in [0.5, 0.6) is 5.88 Å². The summed E-state index contributed by atoms with van der Waals surface area (Å²) in [5.74, 6) is 0.723. The van der Waals surface area contributed by atoms with Crippen molar-refractivity contribution in [1.82, 2.24) is 10.3 Å². The maximum atomic E-state index is 5.19. The summed E-state index contributed by atoms with van der Waals surface area (Å²) in [5.41, 5.74) is 1.14. The number of hydrogen-bond acceptors (Lipinski definition) is 3. The molecule has 1 aromatic heterocycles. The predicted molar refractivity (Wildman–Crippen MR) is 53.8 cm³/mol. The lowest BCUT2D eigenvalue weighted by Gasteiger charge is -2.28. The minimum Gasteiger partial charge on any atom is -0.481 e. The number of aromatic nitrogens is 1. The summed E-state index contributed by atoms with van der Waals surface area (Å²) < 4.78 is 6.18. The normalized spacial score (nSPS) is 20.9. The lowest BCUT2D eigenvalue weighted by Crippen LogP contribution is -2.35. The fourth-order valence-corrected chi connectivity index (χ4v) is 1.77. The molecule has 1 aromatic rings. The molecule has 0 aliphatic carbocycles. The highest BCUT2D eigenvalue weighted by Gasteiger charge is 2.22. The Kier molecular flexibility index (Phi) is 2.51. The van der Waals surface area contributed by atoms with E-state index < -0.39 is 0 Å². The largest absolute Gasteiger partial charge is 0.481 e. The molecule has 0 saturated carbocycles. The first-order valence-corrected chi connectivity index (χ1v) is 5.03. The van der Waals surface area contributed by atoms with Crippen LogP contribution in [0.25, 0.3) is 0 Å². The number of pyridine rings is 1. The number of ether oxygens (including phenoxy) is 1. The van der Waals surface area contributed by atoms with Crippen molar-refractivity contribution in [3.63, 3.8) is 0 Å². The van der Waals surface area contributed by atoms with Gasteiger partial charge in [-0.05, 0) is 35.0 Å². The molecule has 0 radical (unpaired) electrons. The van der Waals surface area contributed by atoms with Crippen molar-refractivity contribution in [2.45, 2.75) is 12.5 Å². The third-order valence-electron chi connectivity index (χ3n) is 2.24. The molecule has 1 saturated heterocycles. The minimum absolute atomic E-state index is 0.417. The van der Waals surface area contributed by atoms with E-state index in [1.807, 2.05) is 0 Å². The van der Waals surface area contributed by atoms with Gasteiger partial charge in [0.05, 0.1) is 7.11 Å². The van der Waals surface area contributed by atoms with Crippen LogP contribution in [0.2, 0.25) is 0 Å². The van der Waals surface area contributed by atoms with Crippen LogP contribution < -0.4 is 10.1 Å². The molecule has 0 bridgehead atoms. The van der Waals surface area contributed by atoms with Crippen LogP contribution in [0.4, 0.5) is 0 Å². The van der Waals surface area contributed by atoms with Gasteiger partial charge in [0.15, 0.2) is 0 Å². The Hall–Kier alpha value is -0.610. The van der Waals surface area contributed by atoms with E-state index in [0.717, 1.165) is 28.9 Å². The molecule has 0 aromatic carbocycles. The molecule has 13 heavy (non-hydrogen) atoms. The average Bonchev–Trinajstić information content (AvgIpc) is 2.02. The van der Waals surface area contributed by atoms with Crippen LogP contribution in [0.1, 0.15) is 18.0 Å². The minimum atomic E-state index is 0.417. The van der Waals surface area contributed by atoms with Gasteiger partial charge in [0.25, 0.3) is 0 Å². The highest BCUT2D eigenvalue weighted by molar-refractivity contribution is 9.10. The van der Waals surface area contributed by atoms with Crippen molar-refractivity contribution in [3.8, 4) is 5.88 Å². The van der Waals surface area contributed by atoms with Gasteiger partial charge in [0.2, 0.25) is 5.88 Å². The van der Waals surface area contributed by atoms with Gasteiger partial charge in [-0.15, -0.1) is 0 Å². The molecule has 1 atom stereocenters. The van der Waals surface area contributed by atoms with Crippen molar-refractivity contribution in [2.75, 3.05) is 13.7 Å². The molecule has 1 N–H and O–H groups in total. The summed E-state index contributed by atoms with van der Waals surface area (Å²) >= 11 is 3.40. The van der Waals surface area contributed by atoms with E-state index in [9.17, 15) is 0 Å². The summed E-state index contributed by atoms with van der Waals surface area (Å²) in [6, 6.07) is 2.47. The number of rotatable bonds is 2. The van der Waals surface area contributed by atoms with Crippen LogP contribution in [0.15, 0.2) is 16.7 Å². The van der Waals surface area contributed by atoms with Crippen molar-refractivity contribution < 1.29 is 4.74 Å². The zero-order valence-corrected chi connectivity index (χ0v) is 8.97. The van der Waals surface area contributed by atoms with E-state index in [0.29, 0.717) is 6.04 Å². The molecule has 70 valence electrons. The van der Waals surface area contributed by atoms with E-state index in [1.54, 1.807) is 13.3 Å². The van der Waals surface area contributed by atoms with Gasteiger partial charge in [-0.3, -0.25) is 0 Å². The monoisotopic (exact) mass is 242 g/mol. The second kappa shape index (κ2) is 3.64. The van der Waals surface area contributed by atoms with Gasteiger partial charge in [0.1, 0.15) is 0 Å². The first kappa shape index (κ1) is 8.97. The average molecular weight is 243 g/mol. The Balaban J connectivity index is 2.33. The topological polar surface area (TPSA) is 34.1 Å². The predicted octanol–water partition coefficient (Wildman–Crippen LogP) is 1.89. The maximum Gasteiger partial charge on any atom is 0.217 e. The lowest BCUT2D eigenvalue weighted by molar-refractivity contribution is 0.344. The van der Waals surface area contributed by atoms with E-state index in [4.69, 9.17) is 4.74 Å². The number of nitrogens with zero attached hydrogens (tertiary/aromatic N) is 1. The zero-order valence-electron chi connectivity index (χ0n) is 7.38. The van der Waals surface area contributed by atoms with Crippen LogP contribution in [0.3, 0.4) is 0 Å². The highest BCUT2D eigenvalue weighted by Crippen LogP contribution is 2.31. The molecular weight excluding hydrogens is 232 g/mol. The maximum absolute atomic E-state index is 5.19. The van der Waals surface area contributed by atoms with Gasteiger partial charge in [0, 0.05) is 22.3 Å². The van der Waals surface area contributed by atoms with Crippen molar-refractivity contribution in [1.29, 1.82) is 0 Å². The second-order valence-corrected chi connectivity index (χ2v) is 3.96. The lowest BCUT2D eigenvalue weighted by atomic mass is 9.99. The third-order valence-corrected chi connectivity index (χ3v) is 2.67. The smallest absolute Gasteiger partial charge is 0.217 e. The van der Waals surface area contributed by atoms with E-state index >= 15 is 0 Å². The van der Waals surface area contributed by atoms with Crippen molar-refractivity contribution >= 4 is 15.9 Å². The summed E-state index contributed by atoms with van der Waals surface area (Å²) in [7, 11) is 1.65. The summed E-state index contributed by atoms with van der Waals surface area (Å²) in [6.07, 6.45) is 2.91. The molecule has 3 nitrogen and oxygen atoms in total. The van der Waals surface area contributed by atoms with Crippen LogP contribution in [-0.4, -0.2) is 18.6 Å². The highest BCUT2D eigenvalue weighted by atomic mass is 79.9. The van der Waals surface area contributed by atoms with Gasteiger partial charge < -0.3 is 10.1 Å². The molecule has 4 heteroatoms. The first-order valence-electron chi connectivity index (χ1n) is 4.24. The first-order chi connectivity index (χ1) is 6.31. The van der Waals surface area contributed by atoms with Crippen molar-refractivity contribution in [2.24, 2.45) is 0 Å². The van der Waals surface area contributed by atoms with E-state index in [-0.39, 0.29) is 0 Å². The number of hydrogen-bond donors (Lipinski definition) is 1. The fourth-order valence-electron chi connectivity index (χ4n) is 1.42. The van der Waals surface area contributed by atoms with Crippen LogP contribution in [-0.2, 0) is 0 Å². The quantitative estimate of drug-likeness (QED) is 0.861. The SMILES string of the molecule is COc1ncc(Br)cc1C1CCN1. The molecule has 2 heterocycles. The Morgan fingerprint density at radius 2 is 2.46 bits per heavy atom. The summed E-state index contributed by atoms with van der Waals surface area (Å²) in [5, 5.41) is 3.32. The summed E-state index contributed by atoms with van der Waals surface area (Å²) in [6.45, 7) is 1.08. The molecule has 0 amide bonds. The number of methoxy groups -OCH3 is 1. The van der Waals surface area contributed by atoms with E-state index in [1.165, 1.54) is 0 Å². The standard InChI is InChI=1S/C9H11BrN2O/c1-13-9-7(8-2-3-11-8)4-6(10)5-12-9/h4-5,8,11H,2-3H2,1H3. The Bertz CT molecular complexity index is 312. The van der Waals surface area contributed by atoms with Gasteiger partial charge in [-0.2, -0.15) is 0 Å². The Labute approximate surface area is 85.6 Å². The molecule has 1 aliphatic rings. The Morgan fingerprint density at radius 1 is 1.69 bits per heavy atom. The molecule has 1 unspecified atom stereocenters. The van der Waals surface area contributed by atoms with Gasteiger partial charge in [-0.1, -0.05) is 0 Å². The molecule has 1 fully saturated rings. The number of nitrogens with one attached hydrogen (secondary N) is 1. The molecule has 0 spiro atoms. The molecule has 2 rings (SSSR count). The zero-order chi connectivity index (χ0) is 9.26. The van der Waals surface area contributed by atoms with Gasteiger partial charge in [-0.25, -0.2) is 4.98 Å². The fraction of sp³-hybridized carbons (Fsp3) is 0.444. The molecular formula is C9H11BrN2O. The Morgan fingerprint density at radius 3 is 3.00 bits per heavy atom.